The summed E-state index contributed by atoms with van der Waals surface area (Å²) in [7, 11) is 0. The fraction of sp³-hybridized carbons (Fsp3) is 0.111. The average molecular weight is 553 g/mol. The highest BCUT2D eigenvalue weighted by atomic mass is 79.9. The Morgan fingerprint density at radius 1 is 1.11 bits per heavy atom. The first-order chi connectivity index (χ1) is 16.9. The number of halogens is 2. The predicted octanol–water partition coefficient (Wildman–Crippen LogP) is 7.03. The second-order valence-corrected chi connectivity index (χ2v) is 9.30. The molecule has 1 aliphatic rings. The molecule has 1 amide bonds. The van der Waals surface area contributed by atoms with E-state index in [1.165, 1.54) is 4.90 Å². The summed E-state index contributed by atoms with van der Waals surface area (Å²) < 4.78 is 12.2. The van der Waals surface area contributed by atoms with Crippen LogP contribution < -0.4 is 9.64 Å². The zero-order chi connectivity index (χ0) is 24.7. The number of ketones is 1. The molecule has 0 saturated heterocycles. The van der Waals surface area contributed by atoms with Crippen LogP contribution in [0.4, 0.5) is 5.69 Å². The molecule has 0 fully saturated rings. The number of benzene rings is 3. The minimum Gasteiger partial charge on any atom is -0.503 e. The zero-order valence-electron chi connectivity index (χ0n) is 18.5. The molecule has 0 saturated carbocycles. The van der Waals surface area contributed by atoms with Crippen molar-refractivity contribution in [2.24, 2.45) is 0 Å². The average Bonchev–Trinajstić information content (AvgIpc) is 3.38. The van der Waals surface area contributed by atoms with Crippen LogP contribution in [0.1, 0.15) is 29.1 Å². The number of hydrogen-bond acceptors (Lipinski definition) is 5. The Labute approximate surface area is 214 Å². The van der Waals surface area contributed by atoms with Gasteiger partial charge < -0.3 is 14.3 Å². The Morgan fingerprint density at radius 2 is 1.89 bits per heavy atom. The van der Waals surface area contributed by atoms with Gasteiger partial charge in [-0.2, -0.15) is 0 Å². The standard InChI is InChI=1S/C27H19BrClNO5/c1-2-34-20-9-6-15(7-10-20)24-23(25(31)22-13-16-12-17(28)8-11-21(16)35-22)26(32)27(33)30(24)19-5-3-4-18(29)14-19/h3-14,24,32H,2H2,1H3. The van der Waals surface area contributed by atoms with Crippen molar-refractivity contribution in [3.63, 3.8) is 0 Å². The first-order valence-corrected chi connectivity index (χ1v) is 12.0. The van der Waals surface area contributed by atoms with Crippen molar-refractivity contribution in [1.82, 2.24) is 0 Å². The number of rotatable bonds is 6. The minimum absolute atomic E-state index is 0.0244. The van der Waals surface area contributed by atoms with E-state index in [0.717, 1.165) is 9.86 Å². The summed E-state index contributed by atoms with van der Waals surface area (Å²) in [6.07, 6.45) is 0. The molecule has 2 heterocycles. The number of aliphatic hydroxyl groups excluding tert-OH is 1. The van der Waals surface area contributed by atoms with Gasteiger partial charge in [0.15, 0.2) is 11.5 Å². The van der Waals surface area contributed by atoms with Crippen molar-refractivity contribution < 1.29 is 23.8 Å². The molecule has 8 heteroatoms. The molecule has 0 spiro atoms. The summed E-state index contributed by atoms with van der Waals surface area (Å²) >= 11 is 9.60. The third-order valence-corrected chi connectivity index (χ3v) is 6.48. The van der Waals surface area contributed by atoms with E-state index in [-0.39, 0.29) is 11.3 Å². The number of anilines is 1. The highest BCUT2D eigenvalue weighted by Crippen LogP contribution is 2.43. The Morgan fingerprint density at radius 3 is 2.60 bits per heavy atom. The van der Waals surface area contributed by atoms with Crippen LogP contribution in [0.2, 0.25) is 5.02 Å². The van der Waals surface area contributed by atoms with Crippen LogP contribution in [0.3, 0.4) is 0 Å². The molecule has 176 valence electrons. The van der Waals surface area contributed by atoms with Gasteiger partial charge in [-0.25, -0.2) is 0 Å². The lowest BCUT2D eigenvalue weighted by Crippen LogP contribution is -2.31. The summed E-state index contributed by atoms with van der Waals surface area (Å²) in [5.41, 5.74) is 1.51. The lowest BCUT2D eigenvalue weighted by Gasteiger charge is -2.27. The van der Waals surface area contributed by atoms with Gasteiger partial charge in [-0.3, -0.25) is 14.5 Å². The Balaban J connectivity index is 1.64. The van der Waals surface area contributed by atoms with Crippen molar-refractivity contribution in [2.75, 3.05) is 11.5 Å². The van der Waals surface area contributed by atoms with Crippen LogP contribution in [0, 0.1) is 0 Å². The molecule has 1 aromatic heterocycles. The Kier molecular flexibility index (Phi) is 6.13. The van der Waals surface area contributed by atoms with Gasteiger partial charge in [0, 0.05) is 20.6 Å². The lowest BCUT2D eigenvalue weighted by atomic mass is 9.94. The van der Waals surface area contributed by atoms with Crippen molar-refractivity contribution in [3.8, 4) is 5.75 Å². The maximum atomic E-state index is 13.7. The summed E-state index contributed by atoms with van der Waals surface area (Å²) in [6, 6.07) is 19.8. The number of carbonyl (C=O) groups is 2. The summed E-state index contributed by atoms with van der Waals surface area (Å²) in [4.78, 5) is 28.4. The Bertz CT molecular complexity index is 1490. The Hall–Kier alpha value is -3.55. The molecule has 1 aliphatic heterocycles. The predicted molar refractivity (Wildman–Crippen MR) is 137 cm³/mol. The second kappa shape index (κ2) is 9.24. The molecule has 1 atom stereocenters. The third-order valence-electron chi connectivity index (χ3n) is 5.75. The maximum Gasteiger partial charge on any atom is 0.294 e. The quantitative estimate of drug-likeness (QED) is 0.260. The van der Waals surface area contributed by atoms with Gasteiger partial charge in [0.1, 0.15) is 11.3 Å². The molecule has 0 bridgehead atoms. The van der Waals surface area contributed by atoms with Crippen molar-refractivity contribution >= 4 is 55.9 Å². The molecular formula is C27H19BrClNO5. The summed E-state index contributed by atoms with van der Waals surface area (Å²) in [5, 5.41) is 12.1. The monoisotopic (exact) mass is 551 g/mol. The number of carbonyl (C=O) groups excluding carboxylic acids is 2. The van der Waals surface area contributed by atoms with Gasteiger partial charge >= 0.3 is 0 Å². The molecule has 0 aliphatic carbocycles. The molecule has 1 unspecified atom stereocenters. The van der Waals surface area contributed by atoms with Gasteiger partial charge in [-0.05, 0) is 67.1 Å². The van der Waals surface area contributed by atoms with Crippen LogP contribution in [0.25, 0.3) is 11.0 Å². The number of Topliss-reactive ketones (excluding diaryl/α,β-unsaturated/α-hetero) is 1. The fourth-order valence-corrected chi connectivity index (χ4v) is 4.78. The SMILES string of the molecule is CCOc1ccc(C2C(C(=O)c3cc4cc(Br)ccc4o3)=C(O)C(=O)N2c2cccc(Cl)c2)cc1. The number of fused-ring (bicyclic) bond motifs is 1. The molecule has 3 aromatic carbocycles. The number of ether oxygens (including phenoxy) is 1. The van der Waals surface area contributed by atoms with Crippen LogP contribution in [0.15, 0.2) is 93.0 Å². The van der Waals surface area contributed by atoms with Gasteiger partial charge in [0.25, 0.3) is 5.91 Å². The van der Waals surface area contributed by atoms with Gasteiger partial charge in [0.05, 0.1) is 18.2 Å². The highest BCUT2D eigenvalue weighted by molar-refractivity contribution is 9.10. The smallest absolute Gasteiger partial charge is 0.294 e. The number of hydrogen-bond donors (Lipinski definition) is 1. The van der Waals surface area contributed by atoms with Crippen molar-refractivity contribution in [1.29, 1.82) is 0 Å². The van der Waals surface area contributed by atoms with Crippen LogP contribution in [-0.2, 0) is 4.79 Å². The van der Waals surface area contributed by atoms with E-state index in [9.17, 15) is 14.7 Å². The second-order valence-electron chi connectivity index (χ2n) is 7.94. The van der Waals surface area contributed by atoms with E-state index in [4.69, 9.17) is 20.8 Å². The first kappa shape index (κ1) is 23.2. The molecular weight excluding hydrogens is 534 g/mol. The number of nitrogens with zero attached hydrogens (tertiary/aromatic N) is 1. The van der Waals surface area contributed by atoms with E-state index >= 15 is 0 Å². The molecule has 6 nitrogen and oxygen atoms in total. The normalized spacial score (nSPS) is 15.8. The molecule has 5 rings (SSSR count). The fourth-order valence-electron chi connectivity index (χ4n) is 4.22. The van der Waals surface area contributed by atoms with Gasteiger partial charge in [-0.1, -0.05) is 45.7 Å². The highest BCUT2D eigenvalue weighted by Gasteiger charge is 2.45. The van der Waals surface area contributed by atoms with E-state index < -0.39 is 23.5 Å². The summed E-state index contributed by atoms with van der Waals surface area (Å²) in [6.45, 7) is 2.39. The maximum absolute atomic E-state index is 13.7. The van der Waals surface area contributed by atoms with E-state index in [0.29, 0.717) is 34.2 Å². The van der Waals surface area contributed by atoms with E-state index in [2.05, 4.69) is 15.9 Å². The van der Waals surface area contributed by atoms with Gasteiger partial charge in [-0.15, -0.1) is 0 Å². The van der Waals surface area contributed by atoms with E-state index in [1.54, 1.807) is 66.7 Å². The third kappa shape index (κ3) is 4.22. The van der Waals surface area contributed by atoms with Crippen molar-refractivity contribution in [3.05, 3.63) is 105 Å². The number of aliphatic hydroxyl groups is 1. The van der Waals surface area contributed by atoms with Crippen molar-refractivity contribution in [2.45, 2.75) is 13.0 Å². The number of furan rings is 1. The minimum atomic E-state index is -0.899. The largest absolute Gasteiger partial charge is 0.503 e. The van der Waals surface area contributed by atoms with E-state index in [1.807, 2.05) is 13.0 Å². The zero-order valence-corrected chi connectivity index (χ0v) is 20.8. The first-order valence-electron chi connectivity index (χ1n) is 10.9. The van der Waals surface area contributed by atoms with Crippen LogP contribution >= 0.6 is 27.5 Å². The molecule has 0 radical (unpaired) electrons. The molecule has 1 N–H and O–H groups in total. The lowest BCUT2D eigenvalue weighted by molar-refractivity contribution is -0.117. The summed E-state index contributed by atoms with van der Waals surface area (Å²) in [5.74, 6) is -1.23. The number of amides is 1. The topological polar surface area (TPSA) is 80.0 Å². The van der Waals surface area contributed by atoms with Crippen LogP contribution in [-0.4, -0.2) is 23.4 Å². The van der Waals surface area contributed by atoms with Crippen LogP contribution in [0.5, 0.6) is 5.75 Å². The molecule has 4 aromatic rings. The molecule has 35 heavy (non-hydrogen) atoms. The van der Waals surface area contributed by atoms with Gasteiger partial charge in [0.2, 0.25) is 5.78 Å².